The summed E-state index contributed by atoms with van der Waals surface area (Å²) >= 11 is 0. The highest BCUT2D eigenvalue weighted by Crippen LogP contribution is 2.25. The van der Waals surface area contributed by atoms with E-state index in [9.17, 15) is 5.11 Å². The second-order valence-electron chi connectivity index (χ2n) is 4.36. The maximum absolute atomic E-state index is 10.1. The topological polar surface area (TPSA) is 41.5 Å². The largest absolute Gasteiger partial charge is 0.507 e. The Labute approximate surface area is 96.4 Å². The van der Waals surface area contributed by atoms with E-state index in [0.717, 1.165) is 24.1 Å². The van der Waals surface area contributed by atoms with E-state index in [2.05, 4.69) is 5.32 Å². The fourth-order valence-corrected chi connectivity index (χ4v) is 2.28. The van der Waals surface area contributed by atoms with Crippen LogP contribution in [0.3, 0.4) is 0 Å². The third kappa shape index (κ3) is 2.54. The average Bonchev–Trinajstić information content (AvgIpc) is 2.77. The minimum absolute atomic E-state index is 0.401. The van der Waals surface area contributed by atoms with Gasteiger partial charge >= 0.3 is 0 Å². The molecular formula is C13H19NO2. The van der Waals surface area contributed by atoms with Crippen molar-refractivity contribution in [1.82, 2.24) is 5.32 Å². The summed E-state index contributed by atoms with van der Waals surface area (Å²) in [6.07, 6.45) is 3.35. The Kier molecular flexibility index (Phi) is 3.80. The molecule has 1 saturated heterocycles. The fraction of sp³-hybridized carbons (Fsp3) is 0.538. The number of para-hydroxylation sites is 1. The molecule has 0 saturated carbocycles. The summed E-state index contributed by atoms with van der Waals surface area (Å²) in [5.41, 5.74) is 1.90. The molecule has 0 radical (unpaired) electrons. The lowest BCUT2D eigenvalue weighted by Crippen LogP contribution is -2.23. The predicted octanol–water partition coefficient (Wildman–Crippen LogP) is 1.83. The molecule has 3 nitrogen and oxygen atoms in total. The zero-order valence-corrected chi connectivity index (χ0v) is 9.70. The molecule has 1 atom stereocenters. The Morgan fingerprint density at radius 1 is 1.44 bits per heavy atom. The lowest BCUT2D eigenvalue weighted by molar-refractivity contribution is 0.182. The Balaban J connectivity index is 2.10. The number of hydrogen-bond donors (Lipinski definition) is 2. The Morgan fingerprint density at radius 2 is 2.25 bits per heavy atom. The van der Waals surface area contributed by atoms with E-state index in [4.69, 9.17) is 4.74 Å². The number of methoxy groups -OCH3 is 1. The fourth-order valence-electron chi connectivity index (χ4n) is 2.28. The van der Waals surface area contributed by atoms with Crippen LogP contribution in [-0.4, -0.2) is 24.8 Å². The Bertz CT molecular complexity index is 346. The number of nitrogens with one attached hydrogen (secondary N) is 1. The number of phenolic OH excluding ortho intramolecular Hbond substituents is 1. The zero-order valence-electron chi connectivity index (χ0n) is 9.70. The summed E-state index contributed by atoms with van der Waals surface area (Å²) < 4.78 is 5.06. The molecule has 2 N–H and O–H groups in total. The van der Waals surface area contributed by atoms with Crippen LogP contribution in [0.15, 0.2) is 18.2 Å². The van der Waals surface area contributed by atoms with Crippen molar-refractivity contribution >= 4 is 0 Å². The van der Waals surface area contributed by atoms with Crippen LogP contribution in [0.5, 0.6) is 5.75 Å². The van der Waals surface area contributed by atoms with Crippen LogP contribution in [-0.2, 0) is 17.8 Å². The first-order chi connectivity index (χ1) is 7.81. The van der Waals surface area contributed by atoms with Crippen molar-refractivity contribution in [3.05, 3.63) is 29.3 Å². The van der Waals surface area contributed by atoms with E-state index >= 15 is 0 Å². The molecule has 1 aromatic rings. The number of phenols is 1. The lowest BCUT2D eigenvalue weighted by Gasteiger charge is -2.13. The van der Waals surface area contributed by atoms with Crippen LogP contribution >= 0.6 is 0 Å². The summed E-state index contributed by atoms with van der Waals surface area (Å²) in [7, 11) is 1.64. The quantitative estimate of drug-likeness (QED) is 0.815. The van der Waals surface area contributed by atoms with Crippen LogP contribution in [0, 0.1) is 0 Å². The second-order valence-corrected chi connectivity index (χ2v) is 4.36. The molecule has 2 rings (SSSR count). The van der Waals surface area contributed by atoms with Gasteiger partial charge in [-0.25, -0.2) is 0 Å². The van der Waals surface area contributed by atoms with Crippen molar-refractivity contribution in [2.45, 2.75) is 31.9 Å². The molecule has 1 aliphatic heterocycles. The summed E-state index contributed by atoms with van der Waals surface area (Å²) in [5.74, 6) is 0.401. The molecule has 0 bridgehead atoms. The second kappa shape index (κ2) is 5.32. The van der Waals surface area contributed by atoms with Crippen molar-refractivity contribution in [3.63, 3.8) is 0 Å². The summed E-state index contributed by atoms with van der Waals surface area (Å²) in [6, 6.07) is 6.40. The third-order valence-electron chi connectivity index (χ3n) is 3.13. The number of benzene rings is 1. The predicted molar refractivity (Wildman–Crippen MR) is 63.5 cm³/mol. The standard InChI is InChI=1S/C13H19NO2/c1-16-9-11-5-2-4-10(13(11)15)8-12-6-3-7-14-12/h2,4-5,12,14-15H,3,6-9H2,1H3. The monoisotopic (exact) mass is 221 g/mol. The van der Waals surface area contributed by atoms with Gasteiger partial charge in [0.15, 0.2) is 0 Å². The summed E-state index contributed by atoms with van der Waals surface area (Å²) in [6.45, 7) is 1.57. The van der Waals surface area contributed by atoms with Gasteiger partial charge < -0.3 is 15.2 Å². The molecule has 1 heterocycles. The molecule has 0 spiro atoms. The van der Waals surface area contributed by atoms with Gasteiger partial charge in [-0.2, -0.15) is 0 Å². The smallest absolute Gasteiger partial charge is 0.124 e. The molecule has 0 aromatic heterocycles. The molecule has 1 fully saturated rings. The van der Waals surface area contributed by atoms with Crippen LogP contribution in [0.2, 0.25) is 0 Å². The van der Waals surface area contributed by atoms with E-state index in [-0.39, 0.29) is 0 Å². The van der Waals surface area contributed by atoms with Gasteiger partial charge in [0.05, 0.1) is 6.61 Å². The molecule has 88 valence electrons. The molecule has 3 heteroatoms. The van der Waals surface area contributed by atoms with Gasteiger partial charge in [-0.15, -0.1) is 0 Å². The van der Waals surface area contributed by atoms with E-state index in [1.165, 1.54) is 12.8 Å². The minimum atomic E-state index is 0.401. The molecular weight excluding hydrogens is 202 g/mol. The molecule has 1 aliphatic rings. The van der Waals surface area contributed by atoms with Gasteiger partial charge in [-0.05, 0) is 31.4 Å². The van der Waals surface area contributed by atoms with Crippen LogP contribution < -0.4 is 5.32 Å². The van der Waals surface area contributed by atoms with Gasteiger partial charge in [0.1, 0.15) is 5.75 Å². The number of rotatable bonds is 4. The van der Waals surface area contributed by atoms with E-state index in [0.29, 0.717) is 18.4 Å². The third-order valence-corrected chi connectivity index (χ3v) is 3.13. The maximum atomic E-state index is 10.1. The SMILES string of the molecule is COCc1cccc(CC2CCCN2)c1O. The van der Waals surface area contributed by atoms with Crippen molar-refractivity contribution < 1.29 is 9.84 Å². The van der Waals surface area contributed by atoms with Crippen LogP contribution in [0.1, 0.15) is 24.0 Å². The van der Waals surface area contributed by atoms with E-state index in [1.54, 1.807) is 7.11 Å². The average molecular weight is 221 g/mol. The van der Waals surface area contributed by atoms with Gasteiger partial charge in [0, 0.05) is 18.7 Å². The molecule has 16 heavy (non-hydrogen) atoms. The molecule has 1 unspecified atom stereocenters. The van der Waals surface area contributed by atoms with E-state index in [1.807, 2.05) is 18.2 Å². The highest BCUT2D eigenvalue weighted by Gasteiger charge is 2.16. The van der Waals surface area contributed by atoms with Crippen molar-refractivity contribution in [2.24, 2.45) is 0 Å². The first kappa shape index (κ1) is 11.4. The van der Waals surface area contributed by atoms with E-state index < -0.39 is 0 Å². The molecule has 0 aliphatic carbocycles. The van der Waals surface area contributed by atoms with Crippen LogP contribution in [0.25, 0.3) is 0 Å². The van der Waals surface area contributed by atoms with Gasteiger partial charge in [0.25, 0.3) is 0 Å². The first-order valence-electron chi connectivity index (χ1n) is 5.83. The first-order valence-corrected chi connectivity index (χ1v) is 5.83. The molecule has 0 amide bonds. The minimum Gasteiger partial charge on any atom is -0.507 e. The summed E-state index contributed by atoms with van der Waals surface area (Å²) in [4.78, 5) is 0. The summed E-state index contributed by atoms with van der Waals surface area (Å²) in [5, 5.41) is 13.5. The van der Waals surface area contributed by atoms with Crippen LogP contribution in [0.4, 0.5) is 0 Å². The Hall–Kier alpha value is -1.06. The highest BCUT2D eigenvalue weighted by molar-refractivity contribution is 5.40. The normalized spacial score (nSPS) is 20.2. The van der Waals surface area contributed by atoms with Gasteiger partial charge in [0.2, 0.25) is 0 Å². The molecule has 1 aromatic carbocycles. The Morgan fingerprint density at radius 3 is 2.94 bits per heavy atom. The van der Waals surface area contributed by atoms with Gasteiger partial charge in [-0.3, -0.25) is 0 Å². The lowest BCUT2D eigenvalue weighted by atomic mass is 10.0. The van der Waals surface area contributed by atoms with Gasteiger partial charge in [-0.1, -0.05) is 18.2 Å². The number of hydrogen-bond acceptors (Lipinski definition) is 3. The highest BCUT2D eigenvalue weighted by atomic mass is 16.5. The van der Waals surface area contributed by atoms with Crippen molar-refractivity contribution in [1.29, 1.82) is 0 Å². The van der Waals surface area contributed by atoms with Crippen molar-refractivity contribution in [2.75, 3.05) is 13.7 Å². The zero-order chi connectivity index (χ0) is 11.4. The number of aromatic hydroxyl groups is 1. The number of ether oxygens (including phenoxy) is 1. The van der Waals surface area contributed by atoms with Crippen molar-refractivity contribution in [3.8, 4) is 5.75 Å². The maximum Gasteiger partial charge on any atom is 0.124 e.